The number of methoxy groups -OCH3 is 3. The number of benzene rings is 1. The van der Waals surface area contributed by atoms with Crippen LogP contribution in [0, 0.1) is 0 Å². The quantitative estimate of drug-likeness (QED) is 0.874. The molecule has 1 fully saturated rings. The van der Waals surface area contributed by atoms with Crippen LogP contribution in [0.15, 0.2) is 12.1 Å². The molecule has 21 heavy (non-hydrogen) atoms. The predicted molar refractivity (Wildman–Crippen MR) is 81.5 cm³/mol. The van der Waals surface area contributed by atoms with Gasteiger partial charge in [0, 0.05) is 18.7 Å². The van der Waals surface area contributed by atoms with Gasteiger partial charge in [-0.25, -0.2) is 0 Å². The van der Waals surface area contributed by atoms with Gasteiger partial charge in [0.05, 0.1) is 39.0 Å². The molecule has 0 spiro atoms. The molecule has 0 amide bonds. The molecular formula is C16H25NO4. The molecule has 2 unspecified atom stereocenters. The van der Waals surface area contributed by atoms with Gasteiger partial charge in [-0.05, 0) is 26.3 Å². The summed E-state index contributed by atoms with van der Waals surface area (Å²) in [5, 5.41) is 3.35. The van der Waals surface area contributed by atoms with E-state index in [2.05, 4.69) is 5.32 Å². The van der Waals surface area contributed by atoms with E-state index in [0.29, 0.717) is 5.75 Å². The normalized spacial score (nSPS) is 19.9. The van der Waals surface area contributed by atoms with E-state index in [-0.39, 0.29) is 12.1 Å². The van der Waals surface area contributed by atoms with Gasteiger partial charge in [0.15, 0.2) is 0 Å². The number of hydrogen-bond donors (Lipinski definition) is 1. The maximum Gasteiger partial charge on any atom is 0.131 e. The lowest BCUT2D eigenvalue weighted by atomic mass is 9.94. The fourth-order valence-corrected chi connectivity index (χ4v) is 2.88. The largest absolute Gasteiger partial charge is 0.496 e. The average Bonchev–Trinajstić information content (AvgIpc) is 2.56. The number of hydrogen-bond acceptors (Lipinski definition) is 5. The number of ether oxygens (including phenoxy) is 4. The number of likely N-dealkylation sites (N-methyl/N-ethyl adjacent to an activating group) is 1. The summed E-state index contributed by atoms with van der Waals surface area (Å²) >= 11 is 0. The third-order valence-electron chi connectivity index (χ3n) is 3.96. The van der Waals surface area contributed by atoms with Gasteiger partial charge in [0.1, 0.15) is 17.2 Å². The van der Waals surface area contributed by atoms with Crippen molar-refractivity contribution in [3.8, 4) is 17.2 Å². The van der Waals surface area contributed by atoms with Gasteiger partial charge in [0.25, 0.3) is 0 Å². The van der Waals surface area contributed by atoms with Crippen molar-refractivity contribution in [1.29, 1.82) is 0 Å². The van der Waals surface area contributed by atoms with E-state index in [0.717, 1.165) is 36.5 Å². The van der Waals surface area contributed by atoms with Crippen LogP contribution in [0.25, 0.3) is 0 Å². The molecule has 2 atom stereocenters. The Morgan fingerprint density at radius 2 is 1.76 bits per heavy atom. The predicted octanol–water partition coefficient (Wildman–Crippen LogP) is 2.54. The molecule has 0 radical (unpaired) electrons. The molecular weight excluding hydrogens is 270 g/mol. The molecule has 118 valence electrons. The van der Waals surface area contributed by atoms with Crippen molar-refractivity contribution in [2.45, 2.75) is 31.4 Å². The zero-order valence-corrected chi connectivity index (χ0v) is 13.3. The molecule has 1 saturated heterocycles. The van der Waals surface area contributed by atoms with Crippen LogP contribution in [0.4, 0.5) is 0 Å². The summed E-state index contributed by atoms with van der Waals surface area (Å²) in [6, 6.07) is 3.79. The number of nitrogens with one attached hydrogen (secondary N) is 1. The topological polar surface area (TPSA) is 49.0 Å². The second-order valence-electron chi connectivity index (χ2n) is 5.12. The molecule has 5 nitrogen and oxygen atoms in total. The lowest BCUT2D eigenvalue weighted by molar-refractivity contribution is -0.00752. The van der Waals surface area contributed by atoms with Crippen LogP contribution in [0.5, 0.6) is 17.2 Å². The van der Waals surface area contributed by atoms with Gasteiger partial charge < -0.3 is 24.3 Å². The summed E-state index contributed by atoms with van der Waals surface area (Å²) < 4.78 is 22.3. The van der Waals surface area contributed by atoms with E-state index in [9.17, 15) is 0 Å². The van der Waals surface area contributed by atoms with Crippen molar-refractivity contribution in [2.75, 3.05) is 35.0 Å². The van der Waals surface area contributed by atoms with Crippen molar-refractivity contribution in [1.82, 2.24) is 5.32 Å². The molecule has 1 aliphatic heterocycles. The minimum atomic E-state index is 0.0288. The molecule has 0 bridgehead atoms. The zero-order chi connectivity index (χ0) is 15.2. The van der Waals surface area contributed by atoms with Crippen LogP contribution in [0.1, 0.15) is 30.9 Å². The third kappa shape index (κ3) is 3.41. The van der Waals surface area contributed by atoms with Gasteiger partial charge in [-0.2, -0.15) is 0 Å². The summed E-state index contributed by atoms with van der Waals surface area (Å²) in [5.41, 5.74) is 0.982. The van der Waals surface area contributed by atoms with Crippen molar-refractivity contribution in [3.63, 3.8) is 0 Å². The summed E-state index contributed by atoms with van der Waals surface area (Å²) in [4.78, 5) is 0. The highest BCUT2D eigenvalue weighted by molar-refractivity contribution is 5.52. The minimum absolute atomic E-state index is 0.0288. The summed E-state index contributed by atoms with van der Waals surface area (Å²) in [7, 11) is 6.89. The maximum atomic E-state index is 5.94. The molecule has 1 N–H and O–H groups in total. The fourth-order valence-electron chi connectivity index (χ4n) is 2.88. The first-order valence-electron chi connectivity index (χ1n) is 7.34. The van der Waals surface area contributed by atoms with Crippen molar-refractivity contribution in [2.24, 2.45) is 0 Å². The molecule has 0 saturated carbocycles. The first-order valence-corrected chi connectivity index (χ1v) is 7.34. The third-order valence-corrected chi connectivity index (χ3v) is 3.96. The molecule has 1 aliphatic rings. The summed E-state index contributed by atoms with van der Waals surface area (Å²) in [5.74, 6) is 2.21. The molecule has 1 aromatic carbocycles. The van der Waals surface area contributed by atoms with Crippen LogP contribution < -0.4 is 19.5 Å². The van der Waals surface area contributed by atoms with Gasteiger partial charge in [-0.15, -0.1) is 0 Å². The smallest absolute Gasteiger partial charge is 0.131 e. The second-order valence-corrected chi connectivity index (χ2v) is 5.12. The van der Waals surface area contributed by atoms with Crippen LogP contribution in [0.2, 0.25) is 0 Å². The van der Waals surface area contributed by atoms with Gasteiger partial charge >= 0.3 is 0 Å². The fraction of sp³-hybridized carbons (Fsp3) is 0.625. The van der Waals surface area contributed by atoms with Gasteiger partial charge in [0.2, 0.25) is 0 Å². The van der Waals surface area contributed by atoms with Crippen molar-refractivity contribution < 1.29 is 18.9 Å². The Morgan fingerprint density at radius 1 is 1.10 bits per heavy atom. The summed E-state index contributed by atoms with van der Waals surface area (Å²) in [6.45, 7) is 0.809. The highest BCUT2D eigenvalue weighted by Crippen LogP contribution is 2.41. The summed E-state index contributed by atoms with van der Waals surface area (Å²) in [6.07, 6.45) is 3.47. The van der Waals surface area contributed by atoms with Crippen LogP contribution in [-0.2, 0) is 4.74 Å². The van der Waals surface area contributed by atoms with E-state index < -0.39 is 0 Å². The van der Waals surface area contributed by atoms with Crippen LogP contribution in [-0.4, -0.2) is 41.1 Å². The first kappa shape index (κ1) is 15.9. The minimum Gasteiger partial charge on any atom is -0.496 e. The Bertz CT molecular complexity index is 433. The van der Waals surface area contributed by atoms with E-state index in [1.807, 2.05) is 19.2 Å². The van der Waals surface area contributed by atoms with Gasteiger partial charge in [-0.3, -0.25) is 0 Å². The Morgan fingerprint density at radius 3 is 2.19 bits per heavy atom. The standard InChI is InChI=1S/C16H25NO4/c1-17-16(12-7-5-6-8-21-12)15-13(19-3)9-11(18-2)10-14(15)20-4/h9-10,12,16-17H,5-8H2,1-4H3. The molecule has 5 heteroatoms. The molecule has 1 aromatic rings. The lowest BCUT2D eigenvalue weighted by Gasteiger charge is -2.32. The van der Waals surface area contributed by atoms with Crippen LogP contribution in [0.3, 0.4) is 0 Å². The second kappa shape index (κ2) is 7.52. The Balaban J connectivity index is 2.42. The highest BCUT2D eigenvalue weighted by Gasteiger charge is 2.30. The molecule has 2 rings (SSSR count). The Labute approximate surface area is 126 Å². The zero-order valence-electron chi connectivity index (χ0n) is 13.3. The van der Waals surface area contributed by atoms with E-state index in [4.69, 9.17) is 18.9 Å². The Kier molecular flexibility index (Phi) is 5.70. The van der Waals surface area contributed by atoms with Gasteiger partial charge in [-0.1, -0.05) is 0 Å². The monoisotopic (exact) mass is 295 g/mol. The highest BCUT2D eigenvalue weighted by atomic mass is 16.5. The van der Waals surface area contributed by atoms with Crippen molar-refractivity contribution >= 4 is 0 Å². The maximum absolute atomic E-state index is 5.94. The number of rotatable bonds is 6. The van der Waals surface area contributed by atoms with Crippen LogP contribution >= 0.6 is 0 Å². The first-order chi connectivity index (χ1) is 10.2. The molecule has 0 aromatic heterocycles. The SMILES string of the molecule is CNC(c1c(OC)cc(OC)cc1OC)C1CCCCO1. The molecule has 0 aliphatic carbocycles. The van der Waals surface area contributed by atoms with E-state index in [1.54, 1.807) is 21.3 Å². The Hall–Kier alpha value is -1.46. The average molecular weight is 295 g/mol. The lowest BCUT2D eigenvalue weighted by Crippen LogP contribution is -2.34. The van der Waals surface area contributed by atoms with Crippen molar-refractivity contribution in [3.05, 3.63) is 17.7 Å². The van der Waals surface area contributed by atoms with E-state index in [1.165, 1.54) is 6.42 Å². The molecule has 1 heterocycles. The van der Waals surface area contributed by atoms with E-state index >= 15 is 0 Å².